The number of ether oxygens (including phenoxy) is 1. The zero-order valence-corrected chi connectivity index (χ0v) is 20.6. The lowest BCUT2D eigenvalue weighted by Crippen LogP contribution is -2.48. The summed E-state index contributed by atoms with van der Waals surface area (Å²) in [6.07, 6.45) is 6.79. The van der Waals surface area contributed by atoms with Gasteiger partial charge in [-0.3, -0.25) is 9.59 Å². The third kappa shape index (κ3) is 4.75. The van der Waals surface area contributed by atoms with Crippen LogP contribution in [0.25, 0.3) is 0 Å². The average Bonchev–Trinajstić information content (AvgIpc) is 2.83. The lowest BCUT2D eigenvalue weighted by atomic mass is 9.92. The van der Waals surface area contributed by atoms with Crippen LogP contribution in [-0.4, -0.2) is 61.7 Å². The van der Waals surface area contributed by atoms with Crippen LogP contribution in [0.3, 0.4) is 0 Å². The van der Waals surface area contributed by atoms with Gasteiger partial charge in [0.05, 0.1) is 16.5 Å². The highest BCUT2D eigenvalue weighted by Gasteiger charge is 2.37. The van der Waals surface area contributed by atoms with Gasteiger partial charge in [-0.25, -0.2) is 8.42 Å². The van der Waals surface area contributed by atoms with Crippen LogP contribution in [0.5, 0.6) is 5.75 Å². The second kappa shape index (κ2) is 9.62. The maximum Gasteiger partial charge on any atom is 0.265 e. The minimum absolute atomic E-state index is 0.0563. The van der Waals surface area contributed by atoms with E-state index in [0.717, 1.165) is 25.7 Å². The van der Waals surface area contributed by atoms with Gasteiger partial charge in [-0.2, -0.15) is 4.31 Å². The van der Waals surface area contributed by atoms with Crippen molar-refractivity contribution in [1.29, 1.82) is 0 Å². The van der Waals surface area contributed by atoms with Gasteiger partial charge in [0.2, 0.25) is 15.9 Å². The molecule has 8 nitrogen and oxygen atoms in total. The molecule has 2 fully saturated rings. The van der Waals surface area contributed by atoms with Gasteiger partial charge in [0.15, 0.2) is 6.10 Å². The first-order chi connectivity index (χ1) is 15.7. The fourth-order valence-electron chi connectivity index (χ4n) is 5.27. The Morgan fingerprint density at radius 1 is 1.18 bits per heavy atom. The summed E-state index contributed by atoms with van der Waals surface area (Å²) in [5.41, 5.74) is 1.03. The minimum atomic E-state index is -3.81. The molecule has 1 aromatic rings. The van der Waals surface area contributed by atoms with Gasteiger partial charge in [0.1, 0.15) is 5.75 Å². The Kier molecular flexibility index (Phi) is 7.00. The van der Waals surface area contributed by atoms with E-state index in [-0.39, 0.29) is 35.2 Å². The molecule has 0 aromatic heterocycles. The number of nitrogens with one attached hydrogen (secondary N) is 1. The quantitative estimate of drug-likeness (QED) is 0.702. The third-order valence-corrected chi connectivity index (χ3v) is 9.30. The molecule has 1 N–H and O–H groups in total. The van der Waals surface area contributed by atoms with Gasteiger partial charge in [0, 0.05) is 32.2 Å². The summed E-state index contributed by atoms with van der Waals surface area (Å²) < 4.78 is 34.4. The van der Waals surface area contributed by atoms with Crippen molar-refractivity contribution in [2.45, 2.75) is 82.3 Å². The number of hydrogen-bond donors (Lipinski definition) is 1. The van der Waals surface area contributed by atoms with E-state index in [0.29, 0.717) is 42.8 Å². The Labute approximate surface area is 196 Å². The van der Waals surface area contributed by atoms with Crippen LogP contribution in [0.4, 0.5) is 5.69 Å². The topological polar surface area (TPSA) is 96.0 Å². The van der Waals surface area contributed by atoms with E-state index in [2.05, 4.69) is 5.32 Å². The first-order valence-corrected chi connectivity index (χ1v) is 13.6. The van der Waals surface area contributed by atoms with E-state index >= 15 is 0 Å². The van der Waals surface area contributed by atoms with Crippen LogP contribution < -0.4 is 10.1 Å². The molecule has 2 aliphatic heterocycles. The molecule has 2 amide bonds. The van der Waals surface area contributed by atoms with Crippen LogP contribution in [-0.2, 0) is 19.6 Å². The monoisotopic (exact) mass is 477 g/mol. The second-order valence-corrected chi connectivity index (χ2v) is 11.5. The van der Waals surface area contributed by atoms with Gasteiger partial charge in [-0.05, 0) is 50.7 Å². The van der Waals surface area contributed by atoms with Crippen LogP contribution in [0.1, 0.15) is 63.9 Å². The van der Waals surface area contributed by atoms with Crippen LogP contribution in [0, 0.1) is 12.8 Å². The smallest absolute Gasteiger partial charge is 0.265 e. The Balaban J connectivity index is 1.53. The fourth-order valence-corrected chi connectivity index (χ4v) is 7.01. The van der Waals surface area contributed by atoms with E-state index in [1.807, 2.05) is 18.9 Å². The molecule has 9 heteroatoms. The largest absolute Gasteiger partial charge is 0.478 e. The number of carbonyl (C=O) groups excluding carboxylic acids is 2. The normalized spacial score (nSPS) is 24.5. The zero-order chi connectivity index (χ0) is 23.8. The summed E-state index contributed by atoms with van der Waals surface area (Å²) >= 11 is 0. The number of nitrogens with zero attached hydrogens (tertiary/aromatic N) is 2. The summed E-state index contributed by atoms with van der Waals surface area (Å²) in [5.74, 6) is -0.119. The van der Waals surface area contributed by atoms with E-state index < -0.39 is 16.1 Å². The van der Waals surface area contributed by atoms with Crippen molar-refractivity contribution in [3.05, 3.63) is 17.7 Å². The fraction of sp³-hybridized carbons (Fsp3) is 0.667. The lowest BCUT2D eigenvalue weighted by Gasteiger charge is -2.37. The highest BCUT2D eigenvalue weighted by molar-refractivity contribution is 7.89. The molecule has 1 saturated carbocycles. The molecule has 2 heterocycles. The Morgan fingerprint density at radius 3 is 2.61 bits per heavy atom. The lowest BCUT2D eigenvalue weighted by molar-refractivity contribution is -0.138. The molecule has 3 aliphatic rings. The minimum Gasteiger partial charge on any atom is -0.478 e. The van der Waals surface area contributed by atoms with Crippen LogP contribution >= 0.6 is 0 Å². The number of hydrogen-bond acceptors (Lipinski definition) is 5. The van der Waals surface area contributed by atoms with Gasteiger partial charge in [-0.1, -0.05) is 26.2 Å². The van der Waals surface area contributed by atoms with Gasteiger partial charge in [-0.15, -0.1) is 0 Å². The molecule has 1 aromatic carbocycles. The Bertz CT molecular complexity index is 1020. The maximum atomic E-state index is 13.6. The molecule has 1 saturated heterocycles. The molecule has 2 atom stereocenters. The molecule has 182 valence electrons. The van der Waals surface area contributed by atoms with E-state index in [1.165, 1.54) is 16.8 Å². The van der Waals surface area contributed by atoms with Crippen molar-refractivity contribution in [3.63, 3.8) is 0 Å². The van der Waals surface area contributed by atoms with Gasteiger partial charge in [0.25, 0.3) is 5.91 Å². The molecular formula is C24H35N3O5S. The molecule has 0 spiro atoms. The van der Waals surface area contributed by atoms with Crippen molar-refractivity contribution in [1.82, 2.24) is 9.21 Å². The van der Waals surface area contributed by atoms with Gasteiger partial charge < -0.3 is 15.0 Å². The molecule has 4 rings (SSSR count). The van der Waals surface area contributed by atoms with Crippen molar-refractivity contribution < 1.29 is 22.7 Å². The first kappa shape index (κ1) is 24.0. The molecule has 33 heavy (non-hydrogen) atoms. The summed E-state index contributed by atoms with van der Waals surface area (Å²) in [7, 11) is -1.94. The first-order valence-electron chi connectivity index (χ1n) is 12.1. The molecule has 0 unspecified atom stereocenters. The van der Waals surface area contributed by atoms with Crippen molar-refractivity contribution in [2.24, 2.45) is 5.92 Å². The predicted octanol–water partition coefficient (Wildman–Crippen LogP) is 3.30. The number of anilines is 1. The highest BCUT2D eigenvalue weighted by atomic mass is 32.2. The molecule has 1 aliphatic carbocycles. The number of aryl methyl sites for hydroxylation is 1. The molecule has 0 radical (unpaired) electrons. The van der Waals surface area contributed by atoms with Crippen LogP contribution in [0.15, 0.2) is 17.0 Å². The maximum absolute atomic E-state index is 13.6. The summed E-state index contributed by atoms with van der Waals surface area (Å²) in [4.78, 5) is 27.3. The van der Waals surface area contributed by atoms with Crippen molar-refractivity contribution in [2.75, 3.05) is 25.5 Å². The summed E-state index contributed by atoms with van der Waals surface area (Å²) in [5, 5.41) is 2.80. The Morgan fingerprint density at radius 2 is 1.91 bits per heavy atom. The van der Waals surface area contributed by atoms with E-state index in [9.17, 15) is 18.0 Å². The van der Waals surface area contributed by atoms with Gasteiger partial charge >= 0.3 is 0 Å². The highest BCUT2D eigenvalue weighted by Crippen LogP contribution is 2.37. The number of carbonyl (C=O) groups is 2. The molecular weight excluding hydrogens is 442 g/mol. The van der Waals surface area contributed by atoms with Crippen molar-refractivity contribution in [3.8, 4) is 5.75 Å². The average molecular weight is 478 g/mol. The van der Waals surface area contributed by atoms with Crippen LogP contribution in [0.2, 0.25) is 0 Å². The standard InChI is InChI=1S/C24H35N3O5S/c1-4-20-23(28)25-19-13-16(2)22(14-21(19)32-20)33(30,31)27-12-8-9-17(15-27)24(29)26(3)18-10-6-5-7-11-18/h13-14,17-18,20H,4-12,15H2,1-3H3,(H,25,28)/t17-,20+/m1/s1. The second-order valence-electron chi connectivity index (χ2n) is 9.56. The SMILES string of the molecule is CC[C@@H]1Oc2cc(S(=O)(=O)N3CCC[C@@H](C(=O)N(C)C4CCCCC4)C3)c(C)cc2NC1=O. The molecule has 0 bridgehead atoms. The summed E-state index contributed by atoms with van der Waals surface area (Å²) in [6.45, 7) is 4.15. The van der Waals surface area contributed by atoms with Crippen molar-refractivity contribution >= 4 is 27.5 Å². The number of rotatable bonds is 5. The van der Waals surface area contributed by atoms with E-state index in [4.69, 9.17) is 4.74 Å². The third-order valence-electron chi connectivity index (χ3n) is 7.29. The number of sulfonamides is 1. The van der Waals surface area contributed by atoms with E-state index in [1.54, 1.807) is 13.0 Å². The number of fused-ring (bicyclic) bond motifs is 1. The summed E-state index contributed by atoms with van der Waals surface area (Å²) in [6, 6.07) is 3.43. The zero-order valence-electron chi connectivity index (χ0n) is 19.8. The predicted molar refractivity (Wildman–Crippen MR) is 126 cm³/mol. The number of amides is 2. The Hall–Kier alpha value is -2.13. The number of piperidine rings is 1. The number of benzene rings is 1.